The topological polar surface area (TPSA) is 60.3 Å². The van der Waals surface area contributed by atoms with Crippen molar-refractivity contribution >= 4 is 45.6 Å². The number of nitrogens with one attached hydrogen (secondary N) is 1. The summed E-state index contributed by atoms with van der Waals surface area (Å²) in [6.07, 6.45) is 2.62. The predicted octanol–water partition coefficient (Wildman–Crippen LogP) is 4.74. The molecule has 7 heteroatoms. The van der Waals surface area contributed by atoms with E-state index in [4.69, 9.17) is 27.9 Å². The second-order valence-electron chi connectivity index (χ2n) is 6.00. The number of pyridine rings is 1. The van der Waals surface area contributed by atoms with Crippen LogP contribution in [-0.4, -0.2) is 17.1 Å². The van der Waals surface area contributed by atoms with E-state index in [1.807, 2.05) is 13.0 Å². The third-order valence-corrected chi connectivity index (χ3v) is 4.74. The van der Waals surface area contributed by atoms with Crippen molar-refractivity contribution in [1.29, 1.82) is 0 Å². The molecule has 0 aliphatic heterocycles. The highest BCUT2D eigenvalue weighted by Gasteiger charge is 2.10. The second-order valence-corrected chi connectivity index (χ2v) is 6.81. The standard InChI is InChI=1S/C20H18Cl2N2O3/c1-2-9-24-10-8-14-15(20(24)26)4-3-5-18(14)27-12-19(25)23-13-6-7-16(21)17(22)11-13/h3-8,10-11H,2,9,12H2,1H3,(H,23,25). The number of benzene rings is 2. The fourth-order valence-corrected chi connectivity index (χ4v) is 3.04. The van der Waals surface area contributed by atoms with Crippen LogP contribution in [0.3, 0.4) is 0 Å². The van der Waals surface area contributed by atoms with E-state index >= 15 is 0 Å². The zero-order valence-electron chi connectivity index (χ0n) is 14.7. The fourth-order valence-electron chi connectivity index (χ4n) is 2.75. The first kappa shape index (κ1) is 19.3. The van der Waals surface area contributed by atoms with Gasteiger partial charge in [0.25, 0.3) is 11.5 Å². The lowest BCUT2D eigenvalue weighted by Crippen LogP contribution is -2.21. The third-order valence-electron chi connectivity index (χ3n) is 4.01. The summed E-state index contributed by atoms with van der Waals surface area (Å²) >= 11 is 11.8. The van der Waals surface area contributed by atoms with Crippen LogP contribution in [0.5, 0.6) is 5.75 Å². The summed E-state index contributed by atoms with van der Waals surface area (Å²) in [4.78, 5) is 24.7. The molecule has 27 heavy (non-hydrogen) atoms. The van der Waals surface area contributed by atoms with E-state index in [9.17, 15) is 9.59 Å². The molecule has 0 radical (unpaired) electrons. The number of halogens is 2. The van der Waals surface area contributed by atoms with Crippen LogP contribution < -0.4 is 15.6 Å². The van der Waals surface area contributed by atoms with Gasteiger partial charge in [0.05, 0.1) is 15.4 Å². The summed E-state index contributed by atoms with van der Waals surface area (Å²) in [6.45, 7) is 2.48. The number of anilines is 1. The summed E-state index contributed by atoms with van der Waals surface area (Å²) in [7, 11) is 0. The van der Waals surface area contributed by atoms with Gasteiger partial charge in [-0.2, -0.15) is 0 Å². The minimum absolute atomic E-state index is 0.0694. The molecule has 0 spiro atoms. The van der Waals surface area contributed by atoms with E-state index in [2.05, 4.69) is 5.32 Å². The molecule has 1 aromatic heterocycles. The third kappa shape index (κ3) is 4.43. The van der Waals surface area contributed by atoms with Gasteiger partial charge in [0.15, 0.2) is 6.61 Å². The molecule has 3 rings (SSSR count). The van der Waals surface area contributed by atoms with Gasteiger partial charge in [-0.1, -0.05) is 36.2 Å². The van der Waals surface area contributed by atoms with Crippen LogP contribution in [0.15, 0.2) is 53.5 Å². The van der Waals surface area contributed by atoms with Crippen LogP contribution in [0.2, 0.25) is 10.0 Å². The van der Waals surface area contributed by atoms with Crippen LogP contribution in [0.4, 0.5) is 5.69 Å². The van der Waals surface area contributed by atoms with Gasteiger partial charge in [0.2, 0.25) is 0 Å². The Kier molecular flexibility index (Phi) is 6.04. The number of aromatic nitrogens is 1. The maximum atomic E-state index is 12.5. The molecular weight excluding hydrogens is 387 g/mol. The number of hydrogen-bond acceptors (Lipinski definition) is 3. The molecule has 1 N–H and O–H groups in total. The second kappa shape index (κ2) is 8.46. The highest BCUT2D eigenvalue weighted by Crippen LogP contribution is 2.25. The van der Waals surface area contributed by atoms with Gasteiger partial charge in [0, 0.05) is 23.8 Å². The number of fused-ring (bicyclic) bond motifs is 1. The van der Waals surface area contributed by atoms with E-state index < -0.39 is 0 Å². The SMILES string of the molecule is CCCn1ccc2c(OCC(=O)Nc3ccc(Cl)c(Cl)c3)cccc2c1=O. The number of carbonyl (C=O) groups excluding carboxylic acids is 1. The predicted molar refractivity (Wildman–Crippen MR) is 109 cm³/mol. The van der Waals surface area contributed by atoms with E-state index in [1.54, 1.807) is 47.2 Å². The van der Waals surface area contributed by atoms with Crippen molar-refractivity contribution in [2.24, 2.45) is 0 Å². The summed E-state index contributed by atoms with van der Waals surface area (Å²) in [5.74, 6) is 0.141. The average Bonchev–Trinajstić information content (AvgIpc) is 2.65. The molecule has 0 saturated carbocycles. The minimum atomic E-state index is -0.343. The number of carbonyl (C=O) groups is 1. The van der Waals surface area contributed by atoms with E-state index in [-0.39, 0.29) is 18.1 Å². The summed E-state index contributed by atoms with van der Waals surface area (Å²) < 4.78 is 7.31. The average molecular weight is 405 g/mol. The lowest BCUT2D eigenvalue weighted by atomic mass is 10.1. The van der Waals surface area contributed by atoms with Gasteiger partial charge in [0.1, 0.15) is 5.75 Å². The number of ether oxygens (including phenoxy) is 1. The van der Waals surface area contributed by atoms with Gasteiger partial charge in [-0.25, -0.2) is 0 Å². The van der Waals surface area contributed by atoms with Crippen LogP contribution in [-0.2, 0) is 11.3 Å². The summed E-state index contributed by atoms with van der Waals surface area (Å²) in [6, 6.07) is 11.9. The Balaban J connectivity index is 1.74. The Morgan fingerprint density at radius 3 is 2.67 bits per heavy atom. The number of rotatable bonds is 6. The minimum Gasteiger partial charge on any atom is -0.483 e. The molecule has 1 heterocycles. The van der Waals surface area contributed by atoms with Crippen molar-refractivity contribution in [3.05, 3.63) is 69.1 Å². The Bertz CT molecular complexity index is 1050. The van der Waals surface area contributed by atoms with E-state index in [1.165, 1.54) is 0 Å². The number of aryl methyl sites for hydroxylation is 1. The molecule has 140 valence electrons. The van der Waals surface area contributed by atoms with Crippen LogP contribution >= 0.6 is 23.2 Å². The van der Waals surface area contributed by atoms with Crippen LogP contribution in [0.25, 0.3) is 10.8 Å². The molecule has 0 atom stereocenters. The van der Waals surface area contributed by atoms with Crippen molar-refractivity contribution in [2.75, 3.05) is 11.9 Å². The van der Waals surface area contributed by atoms with Crippen molar-refractivity contribution in [3.63, 3.8) is 0 Å². The monoisotopic (exact) mass is 404 g/mol. The largest absolute Gasteiger partial charge is 0.483 e. The molecule has 0 aliphatic rings. The highest BCUT2D eigenvalue weighted by molar-refractivity contribution is 6.42. The fraction of sp³-hybridized carbons (Fsp3) is 0.200. The maximum absolute atomic E-state index is 12.5. The van der Waals surface area contributed by atoms with Gasteiger partial charge in [-0.3, -0.25) is 9.59 Å². The number of nitrogens with zero attached hydrogens (tertiary/aromatic N) is 1. The molecule has 0 bridgehead atoms. The van der Waals surface area contributed by atoms with Crippen molar-refractivity contribution in [2.45, 2.75) is 19.9 Å². The molecule has 3 aromatic rings. The van der Waals surface area contributed by atoms with Crippen LogP contribution in [0, 0.1) is 0 Å². The Labute approximate surface area is 166 Å². The molecule has 2 aromatic carbocycles. The van der Waals surface area contributed by atoms with Gasteiger partial charge in [-0.05, 0) is 42.8 Å². The lowest BCUT2D eigenvalue weighted by molar-refractivity contribution is -0.118. The Hall–Kier alpha value is -2.50. The molecule has 0 unspecified atom stereocenters. The first-order valence-corrected chi connectivity index (χ1v) is 9.25. The molecule has 0 fully saturated rings. The summed E-state index contributed by atoms with van der Waals surface area (Å²) in [5.41, 5.74) is 0.457. The van der Waals surface area contributed by atoms with Gasteiger partial charge >= 0.3 is 0 Å². The molecule has 0 saturated heterocycles. The smallest absolute Gasteiger partial charge is 0.262 e. The number of amides is 1. The zero-order valence-corrected chi connectivity index (χ0v) is 16.2. The normalized spacial score (nSPS) is 10.8. The van der Waals surface area contributed by atoms with Crippen molar-refractivity contribution < 1.29 is 9.53 Å². The molecule has 0 aliphatic carbocycles. The van der Waals surface area contributed by atoms with Gasteiger partial charge in [-0.15, -0.1) is 0 Å². The molecule has 1 amide bonds. The first-order valence-electron chi connectivity index (χ1n) is 8.49. The van der Waals surface area contributed by atoms with Crippen molar-refractivity contribution in [1.82, 2.24) is 4.57 Å². The van der Waals surface area contributed by atoms with E-state index in [0.717, 1.165) is 6.42 Å². The maximum Gasteiger partial charge on any atom is 0.262 e. The first-order chi connectivity index (χ1) is 13.0. The number of hydrogen-bond donors (Lipinski definition) is 1. The summed E-state index contributed by atoms with van der Waals surface area (Å²) in [5, 5.41) is 4.70. The lowest BCUT2D eigenvalue weighted by Gasteiger charge is -2.11. The highest BCUT2D eigenvalue weighted by atomic mass is 35.5. The Morgan fingerprint density at radius 2 is 1.93 bits per heavy atom. The van der Waals surface area contributed by atoms with E-state index in [0.29, 0.717) is 38.8 Å². The molecule has 5 nitrogen and oxygen atoms in total. The van der Waals surface area contributed by atoms with Crippen LogP contribution in [0.1, 0.15) is 13.3 Å². The molecular formula is C20H18Cl2N2O3. The zero-order chi connectivity index (χ0) is 19.4. The quantitative estimate of drug-likeness (QED) is 0.645. The Morgan fingerprint density at radius 1 is 1.11 bits per heavy atom. The van der Waals surface area contributed by atoms with Gasteiger partial charge < -0.3 is 14.6 Å². The van der Waals surface area contributed by atoms with Crippen molar-refractivity contribution in [3.8, 4) is 5.75 Å².